The second kappa shape index (κ2) is 9.64. The van der Waals surface area contributed by atoms with Gasteiger partial charge in [-0.2, -0.15) is 0 Å². The molecule has 0 unspecified atom stereocenters. The van der Waals surface area contributed by atoms with Crippen LogP contribution in [0, 0.1) is 0 Å². The van der Waals surface area contributed by atoms with E-state index in [0.29, 0.717) is 6.54 Å². The summed E-state index contributed by atoms with van der Waals surface area (Å²) in [6.07, 6.45) is 4.76. The fraction of sp³-hybridized carbons (Fsp3) is 0.542. The van der Waals surface area contributed by atoms with Crippen molar-refractivity contribution in [3.05, 3.63) is 47.4 Å². The predicted octanol–water partition coefficient (Wildman–Crippen LogP) is 3.43. The highest BCUT2D eigenvalue weighted by Crippen LogP contribution is 2.34. The average Bonchev–Trinajstić information content (AvgIpc) is 3.46. The van der Waals surface area contributed by atoms with Crippen LogP contribution in [0.5, 0.6) is 0 Å². The molecule has 7 heteroatoms. The summed E-state index contributed by atoms with van der Waals surface area (Å²) in [6, 6.07) is 11.0. The molecule has 2 aliphatic heterocycles. The molecular formula is C24H34N6O. The van der Waals surface area contributed by atoms with Gasteiger partial charge in [0, 0.05) is 52.4 Å². The van der Waals surface area contributed by atoms with Crippen molar-refractivity contribution in [2.24, 2.45) is 0 Å². The lowest BCUT2D eigenvalue weighted by molar-refractivity contribution is -0.128. The van der Waals surface area contributed by atoms with Gasteiger partial charge in [-0.15, -0.1) is 0 Å². The molecule has 31 heavy (non-hydrogen) atoms. The Balaban J connectivity index is 1.57. The largest absolute Gasteiger partial charge is 0.373 e. The lowest BCUT2D eigenvalue weighted by atomic mass is 10.1. The summed E-state index contributed by atoms with van der Waals surface area (Å²) in [5, 5.41) is 3.16. The normalized spacial score (nSPS) is 19.1. The molecular weight excluding hydrogens is 388 g/mol. The highest BCUT2D eigenvalue weighted by molar-refractivity contribution is 5.72. The Hall–Kier alpha value is -2.67. The van der Waals surface area contributed by atoms with Gasteiger partial charge in [-0.05, 0) is 43.9 Å². The maximum atomic E-state index is 11.7. The van der Waals surface area contributed by atoms with Crippen LogP contribution in [0.15, 0.2) is 30.3 Å². The first-order chi connectivity index (χ1) is 15.0. The van der Waals surface area contributed by atoms with Crippen molar-refractivity contribution in [2.75, 3.05) is 43.9 Å². The van der Waals surface area contributed by atoms with Crippen LogP contribution in [0.1, 0.15) is 55.7 Å². The summed E-state index contributed by atoms with van der Waals surface area (Å²) in [4.78, 5) is 28.1. The number of hydrogen-bond donors (Lipinski definition) is 1. The number of hydrogen-bond acceptors (Lipinski definition) is 6. The van der Waals surface area contributed by atoms with Crippen LogP contribution in [0.25, 0.3) is 0 Å². The predicted molar refractivity (Wildman–Crippen MR) is 124 cm³/mol. The number of aromatic nitrogens is 2. The Morgan fingerprint density at radius 1 is 1.16 bits per heavy atom. The average molecular weight is 423 g/mol. The van der Waals surface area contributed by atoms with Crippen LogP contribution >= 0.6 is 0 Å². The van der Waals surface area contributed by atoms with Gasteiger partial charge in [0.2, 0.25) is 5.91 Å². The smallest absolute Gasteiger partial charge is 0.219 e. The van der Waals surface area contributed by atoms with Crippen LogP contribution in [-0.2, 0) is 17.9 Å². The number of carbonyl (C=O) groups excluding carboxylic acids is 1. The van der Waals surface area contributed by atoms with Gasteiger partial charge in [0.05, 0.1) is 18.3 Å². The molecule has 2 fully saturated rings. The van der Waals surface area contributed by atoms with Crippen LogP contribution in [0.2, 0.25) is 0 Å². The summed E-state index contributed by atoms with van der Waals surface area (Å²) >= 11 is 0. The topological polar surface area (TPSA) is 64.6 Å². The molecule has 1 aromatic heterocycles. The summed E-state index contributed by atoms with van der Waals surface area (Å²) in [6.45, 7) is 6.34. The number of nitrogens with zero attached hydrogens (tertiary/aromatic N) is 5. The number of nitrogens with one attached hydrogen (secondary N) is 1. The summed E-state index contributed by atoms with van der Waals surface area (Å²) in [5.41, 5.74) is 3.63. The maximum absolute atomic E-state index is 11.7. The Morgan fingerprint density at radius 3 is 2.68 bits per heavy atom. The van der Waals surface area contributed by atoms with Gasteiger partial charge in [-0.3, -0.25) is 9.69 Å². The molecule has 7 nitrogen and oxygen atoms in total. The standard InChI is InChI=1S/C24H34N6O/c1-18(31)28(3)17-20-15-23(25-2)27-24(26-20)22-11-8-14-30(22)16-19-9-4-5-10-21(19)29-12-6-7-13-29/h4-5,9-10,15,22H,6-8,11-14,16-17H2,1-3H3,(H,25,26,27)/t22-/m1/s1. The zero-order valence-electron chi connectivity index (χ0n) is 19.0. The van der Waals surface area contributed by atoms with Gasteiger partial charge < -0.3 is 15.1 Å². The minimum absolute atomic E-state index is 0.0344. The van der Waals surface area contributed by atoms with Crippen LogP contribution in [0.4, 0.5) is 11.5 Å². The van der Waals surface area contributed by atoms with Crippen molar-refractivity contribution >= 4 is 17.4 Å². The molecule has 2 aliphatic rings. The maximum Gasteiger partial charge on any atom is 0.219 e. The van der Waals surface area contributed by atoms with E-state index in [-0.39, 0.29) is 11.9 Å². The molecule has 1 amide bonds. The molecule has 2 saturated heterocycles. The first-order valence-corrected chi connectivity index (χ1v) is 11.4. The minimum atomic E-state index is 0.0344. The SMILES string of the molecule is CNc1cc(CN(C)C(C)=O)nc([C@H]2CCCN2Cc2ccccc2N2CCCC2)n1. The molecule has 1 atom stereocenters. The molecule has 3 heterocycles. The molecule has 4 rings (SSSR count). The number of carbonyl (C=O) groups is 1. The Labute approximate surface area is 185 Å². The van der Waals surface area contributed by atoms with Crippen molar-refractivity contribution in [2.45, 2.75) is 51.7 Å². The van der Waals surface area contributed by atoms with E-state index in [0.717, 1.165) is 56.4 Å². The van der Waals surface area contributed by atoms with E-state index in [1.54, 1.807) is 18.9 Å². The van der Waals surface area contributed by atoms with Crippen molar-refractivity contribution in [1.82, 2.24) is 19.8 Å². The lowest BCUT2D eigenvalue weighted by Gasteiger charge is -2.27. The van der Waals surface area contributed by atoms with Gasteiger partial charge in [-0.1, -0.05) is 18.2 Å². The van der Waals surface area contributed by atoms with Gasteiger partial charge in [0.1, 0.15) is 11.6 Å². The fourth-order valence-electron chi connectivity index (χ4n) is 4.67. The Morgan fingerprint density at radius 2 is 1.94 bits per heavy atom. The van der Waals surface area contributed by atoms with Gasteiger partial charge in [0.15, 0.2) is 0 Å². The van der Waals surface area contributed by atoms with Gasteiger partial charge >= 0.3 is 0 Å². The molecule has 0 spiro atoms. The van der Waals surface area contributed by atoms with E-state index in [4.69, 9.17) is 9.97 Å². The first-order valence-electron chi connectivity index (χ1n) is 11.4. The van der Waals surface area contributed by atoms with Crippen molar-refractivity contribution in [3.8, 4) is 0 Å². The third kappa shape index (κ3) is 4.98. The van der Waals surface area contributed by atoms with Gasteiger partial charge in [0.25, 0.3) is 0 Å². The second-order valence-electron chi connectivity index (χ2n) is 8.68. The molecule has 166 valence electrons. The molecule has 0 aliphatic carbocycles. The first kappa shape index (κ1) is 21.6. The van der Waals surface area contributed by atoms with E-state index in [1.165, 1.54) is 24.1 Å². The summed E-state index contributed by atoms with van der Waals surface area (Å²) in [5.74, 6) is 1.70. The van der Waals surface area contributed by atoms with E-state index < -0.39 is 0 Å². The Kier molecular flexibility index (Phi) is 6.70. The Bertz CT molecular complexity index is 911. The minimum Gasteiger partial charge on any atom is -0.373 e. The van der Waals surface area contributed by atoms with E-state index in [9.17, 15) is 4.79 Å². The molecule has 0 saturated carbocycles. The van der Waals surface area contributed by atoms with Crippen molar-refractivity contribution in [3.63, 3.8) is 0 Å². The van der Waals surface area contributed by atoms with E-state index in [1.807, 2.05) is 13.1 Å². The molecule has 1 N–H and O–H groups in total. The zero-order chi connectivity index (χ0) is 21.8. The summed E-state index contributed by atoms with van der Waals surface area (Å²) in [7, 11) is 3.68. The molecule has 0 radical (unpaired) electrons. The van der Waals surface area contributed by atoms with Crippen LogP contribution < -0.4 is 10.2 Å². The quantitative estimate of drug-likeness (QED) is 0.738. The van der Waals surface area contributed by atoms with E-state index >= 15 is 0 Å². The lowest BCUT2D eigenvalue weighted by Crippen LogP contribution is -2.28. The fourth-order valence-corrected chi connectivity index (χ4v) is 4.67. The molecule has 1 aromatic carbocycles. The highest BCUT2D eigenvalue weighted by atomic mass is 16.2. The monoisotopic (exact) mass is 422 g/mol. The van der Waals surface area contributed by atoms with Crippen molar-refractivity contribution < 1.29 is 4.79 Å². The van der Waals surface area contributed by atoms with Gasteiger partial charge in [-0.25, -0.2) is 9.97 Å². The van der Waals surface area contributed by atoms with Crippen LogP contribution in [0.3, 0.4) is 0 Å². The van der Waals surface area contributed by atoms with Crippen molar-refractivity contribution in [1.29, 1.82) is 0 Å². The number of benzene rings is 1. The summed E-state index contributed by atoms with van der Waals surface area (Å²) < 4.78 is 0. The molecule has 2 aromatic rings. The third-order valence-corrected chi connectivity index (χ3v) is 6.46. The second-order valence-corrected chi connectivity index (χ2v) is 8.68. The number of likely N-dealkylation sites (tertiary alicyclic amines) is 1. The number of rotatable bonds is 7. The molecule has 0 bridgehead atoms. The zero-order valence-corrected chi connectivity index (χ0v) is 19.0. The highest BCUT2D eigenvalue weighted by Gasteiger charge is 2.30. The number of para-hydroxylation sites is 1. The number of amides is 1. The number of anilines is 2. The van der Waals surface area contributed by atoms with E-state index in [2.05, 4.69) is 39.4 Å². The van der Waals surface area contributed by atoms with Crippen LogP contribution in [-0.4, -0.2) is 59.4 Å². The third-order valence-electron chi connectivity index (χ3n) is 6.46.